The third-order valence-electron chi connectivity index (χ3n) is 4.90. The molecule has 102 valence electrons. The fourth-order valence-corrected chi connectivity index (χ4v) is 3.89. The molecule has 0 bridgehead atoms. The molecule has 3 nitrogen and oxygen atoms in total. The van der Waals surface area contributed by atoms with E-state index in [9.17, 15) is 4.79 Å². The van der Waals surface area contributed by atoms with Crippen molar-refractivity contribution in [1.82, 2.24) is 0 Å². The van der Waals surface area contributed by atoms with Crippen LogP contribution in [0, 0.1) is 11.3 Å². The van der Waals surface area contributed by atoms with E-state index in [-0.39, 0.29) is 17.2 Å². The van der Waals surface area contributed by atoms with Crippen LogP contribution in [0.3, 0.4) is 0 Å². The van der Waals surface area contributed by atoms with E-state index in [0.717, 1.165) is 24.3 Å². The molecule has 1 unspecified atom stereocenters. The number of carbonyl (C=O) groups is 1. The monoisotopic (exact) mass is 279 g/mol. The Morgan fingerprint density at radius 3 is 2.68 bits per heavy atom. The molecule has 3 atom stereocenters. The lowest BCUT2D eigenvalue weighted by Gasteiger charge is -2.53. The van der Waals surface area contributed by atoms with Gasteiger partial charge in [0.25, 0.3) is 5.91 Å². The first kappa shape index (κ1) is 12.9. The highest BCUT2D eigenvalue weighted by atomic mass is 35.5. The lowest BCUT2D eigenvalue weighted by molar-refractivity contribution is -0.247. The lowest BCUT2D eigenvalue weighted by atomic mass is 9.67. The predicted octanol–water partition coefficient (Wildman–Crippen LogP) is 2.55. The van der Waals surface area contributed by atoms with E-state index >= 15 is 0 Å². The van der Waals surface area contributed by atoms with E-state index in [1.807, 2.05) is 24.3 Å². The van der Waals surface area contributed by atoms with E-state index in [1.54, 1.807) is 0 Å². The molecule has 1 heterocycles. The summed E-state index contributed by atoms with van der Waals surface area (Å²) in [5, 5.41) is 0.726. The van der Waals surface area contributed by atoms with Gasteiger partial charge in [-0.1, -0.05) is 30.7 Å². The van der Waals surface area contributed by atoms with Crippen molar-refractivity contribution in [3.05, 3.63) is 34.9 Å². The Labute approximate surface area is 118 Å². The maximum Gasteiger partial charge on any atom is 0.250 e. The van der Waals surface area contributed by atoms with Gasteiger partial charge < -0.3 is 10.5 Å². The van der Waals surface area contributed by atoms with E-state index in [4.69, 9.17) is 22.1 Å². The van der Waals surface area contributed by atoms with Gasteiger partial charge in [0.1, 0.15) is 0 Å². The summed E-state index contributed by atoms with van der Waals surface area (Å²) in [5.41, 5.74) is 5.99. The average molecular weight is 280 g/mol. The largest absolute Gasteiger partial charge is 0.367 e. The van der Waals surface area contributed by atoms with E-state index in [1.165, 1.54) is 5.56 Å². The topological polar surface area (TPSA) is 52.3 Å². The van der Waals surface area contributed by atoms with Crippen LogP contribution < -0.4 is 5.73 Å². The van der Waals surface area contributed by atoms with Crippen molar-refractivity contribution in [2.75, 3.05) is 6.61 Å². The number of hydrogen-bond acceptors (Lipinski definition) is 2. The van der Waals surface area contributed by atoms with Gasteiger partial charge in [-0.3, -0.25) is 4.79 Å². The predicted molar refractivity (Wildman–Crippen MR) is 73.9 cm³/mol. The second kappa shape index (κ2) is 4.22. The van der Waals surface area contributed by atoms with Crippen molar-refractivity contribution in [2.24, 2.45) is 17.1 Å². The summed E-state index contributed by atoms with van der Waals surface area (Å²) >= 11 is 5.89. The molecule has 0 spiro atoms. The van der Waals surface area contributed by atoms with Crippen molar-refractivity contribution in [3.63, 3.8) is 0 Å². The zero-order valence-electron chi connectivity index (χ0n) is 11.0. The van der Waals surface area contributed by atoms with Gasteiger partial charge in [-0.05, 0) is 37.0 Å². The highest BCUT2D eigenvalue weighted by Gasteiger charge is 2.68. The van der Waals surface area contributed by atoms with Crippen molar-refractivity contribution in [1.29, 1.82) is 0 Å². The summed E-state index contributed by atoms with van der Waals surface area (Å²) in [7, 11) is 0. The highest BCUT2D eigenvalue weighted by Crippen LogP contribution is 2.59. The molecule has 1 aliphatic heterocycles. The van der Waals surface area contributed by atoms with Gasteiger partial charge in [0.15, 0.2) is 5.60 Å². The molecule has 1 saturated heterocycles. The van der Waals surface area contributed by atoms with Crippen LogP contribution in [0.1, 0.15) is 25.3 Å². The molecule has 2 N–H and O–H groups in total. The molecule has 1 saturated carbocycles. The van der Waals surface area contributed by atoms with Crippen molar-refractivity contribution in [2.45, 2.75) is 31.8 Å². The number of amides is 1. The number of primary amides is 1. The number of carbonyl (C=O) groups excluding carboxylic acids is 1. The van der Waals surface area contributed by atoms with E-state index in [2.05, 4.69) is 6.92 Å². The molecule has 4 heteroatoms. The molecule has 1 aromatic rings. The minimum Gasteiger partial charge on any atom is -0.367 e. The number of rotatable bonds is 3. The van der Waals surface area contributed by atoms with Crippen LogP contribution >= 0.6 is 11.6 Å². The van der Waals surface area contributed by atoms with Crippen molar-refractivity contribution in [3.8, 4) is 0 Å². The maximum atomic E-state index is 11.9. The maximum absolute atomic E-state index is 11.9. The fourth-order valence-electron chi connectivity index (χ4n) is 3.76. The summed E-state index contributed by atoms with van der Waals surface area (Å²) in [6.45, 7) is 2.76. The Kier molecular flexibility index (Phi) is 2.88. The summed E-state index contributed by atoms with van der Waals surface area (Å²) in [4.78, 5) is 11.9. The normalized spacial score (nSPS) is 36.6. The molecule has 19 heavy (non-hydrogen) atoms. The smallest absolute Gasteiger partial charge is 0.250 e. The van der Waals surface area contributed by atoms with Gasteiger partial charge in [-0.25, -0.2) is 0 Å². The Morgan fingerprint density at radius 2 is 2.16 bits per heavy atom. The minimum absolute atomic E-state index is 0.0735. The van der Waals surface area contributed by atoms with Crippen LogP contribution in [0.4, 0.5) is 0 Å². The first-order valence-corrected chi connectivity index (χ1v) is 7.04. The number of fused-ring (bicyclic) bond motifs is 1. The Hall–Kier alpha value is -1.06. The van der Waals surface area contributed by atoms with Gasteiger partial charge in [0.05, 0.1) is 6.61 Å². The van der Waals surface area contributed by atoms with Crippen LogP contribution in [0.5, 0.6) is 0 Å². The molecule has 2 fully saturated rings. The van der Waals surface area contributed by atoms with Crippen LogP contribution in [0.2, 0.25) is 5.02 Å². The molecule has 3 rings (SSSR count). The summed E-state index contributed by atoms with van der Waals surface area (Å²) in [5.74, 6) is -0.136. The Morgan fingerprint density at radius 1 is 1.47 bits per heavy atom. The second-order valence-corrected chi connectivity index (χ2v) is 6.45. The minimum atomic E-state index is -0.757. The number of hydrogen-bond donors (Lipinski definition) is 1. The second-order valence-electron chi connectivity index (χ2n) is 6.02. The first-order valence-electron chi connectivity index (χ1n) is 6.66. The van der Waals surface area contributed by atoms with Gasteiger partial charge in [-0.2, -0.15) is 0 Å². The molecular weight excluding hydrogens is 262 g/mol. The van der Waals surface area contributed by atoms with Crippen LogP contribution in [0.25, 0.3) is 0 Å². The van der Waals surface area contributed by atoms with Gasteiger partial charge in [0, 0.05) is 16.4 Å². The quantitative estimate of drug-likeness (QED) is 0.924. The van der Waals surface area contributed by atoms with Crippen LogP contribution in [-0.4, -0.2) is 18.1 Å². The molecule has 0 aromatic heterocycles. The molecule has 2 aliphatic rings. The molecular formula is C15H18ClNO2. The zero-order valence-corrected chi connectivity index (χ0v) is 11.7. The standard InChI is InChI=1S/C15H18ClNO2/c1-14-7-6-11(15(14,13(17)18)19-9-14)8-10-2-4-12(16)5-3-10/h2-5,11H,6-9H2,1H3,(H2,17,18)/t11?,14-,15+/m0/s1. The summed E-state index contributed by atoms with van der Waals surface area (Å²) < 4.78 is 5.71. The van der Waals surface area contributed by atoms with E-state index in [0.29, 0.717) is 6.61 Å². The summed E-state index contributed by atoms with van der Waals surface area (Å²) in [6.07, 6.45) is 2.81. The first-order chi connectivity index (χ1) is 8.98. The van der Waals surface area contributed by atoms with Gasteiger partial charge in [0.2, 0.25) is 0 Å². The SMILES string of the molecule is C[C@@]12CCC(Cc3ccc(Cl)cc3)[C@]1(C(N)=O)OC2. The zero-order chi connectivity index (χ0) is 13.7. The highest BCUT2D eigenvalue weighted by molar-refractivity contribution is 6.30. The number of ether oxygens (including phenoxy) is 1. The molecule has 1 aliphatic carbocycles. The number of halogens is 1. The average Bonchev–Trinajstić information content (AvgIpc) is 2.54. The number of nitrogens with two attached hydrogens (primary N) is 1. The van der Waals surface area contributed by atoms with Crippen molar-refractivity contribution < 1.29 is 9.53 Å². The summed E-state index contributed by atoms with van der Waals surface area (Å²) in [6, 6.07) is 7.77. The van der Waals surface area contributed by atoms with Gasteiger partial charge >= 0.3 is 0 Å². The van der Waals surface area contributed by atoms with Crippen LogP contribution in [0.15, 0.2) is 24.3 Å². The molecule has 1 amide bonds. The Balaban J connectivity index is 1.85. The Bertz CT molecular complexity index is 515. The van der Waals surface area contributed by atoms with Crippen LogP contribution in [-0.2, 0) is 16.0 Å². The molecule has 1 aromatic carbocycles. The molecule has 0 radical (unpaired) electrons. The fraction of sp³-hybridized carbons (Fsp3) is 0.533. The number of benzene rings is 1. The van der Waals surface area contributed by atoms with Gasteiger partial charge in [-0.15, -0.1) is 0 Å². The third-order valence-corrected chi connectivity index (χ3v) is 5.15. The third kappa shape index (κ3) is 1.72. The lowest BCUT2D eigenvalue weighted by Crippen LogP contribution is -2.68. The van der Waals surface area contributed by atoms with Crippen molar-refractivity contribution >= 4 is 17.5 Å². The van der Waals surface area contributed by atoms with E-state index < -0.39 is 5.60 Å².